The van der Waals surface area contributed by atoms with Crippen molar-refractivity contribution in [1.29, 1.82) is 0 Å². The van der Waals surface area contributed by atoms with Crippen LogP contribution in [-0.2, 0) is 25.9 Å². The number of alkyl halides is 3. The van der Waals surface area contributed by atoms with Gasteiger partial charge in [0.15, 0.2) is 0 Å². The van der Waals surface area contributed by atoms with Crippen LogP contribution in [0.2, 0.25) is 0 Å². The minimum atomic E-state index is -4.35. The number of furan rings is 1. The summed E-state index contributed by atoms with van der Waals surface area (Å²) < 4.78 is 43.6. The summed E-state index contributed by atoms with van der Waals surface area (Å²) >= 11 is 0. The predicted octanol–water partition coefficient (Wildman–Crippen LogP) is 3.08. The molecule has 2 N–H and O–H groups in total. The van der Waals surface area contributed by atoms with Crippen LogP contribution in [0, 0.1) is 0 Å². The lowest BCUT2D eigenvalue weighted by molar-refractivity contribution is -0.138. The Morgan fingerprint density at radius 3 is 2.35 bits per heavy atom. The van der Waals surface area contributed by atoms with Gasteiger partial charge < -0.3 is 14.8 Å². The van der Waals surface area contributed by atoms with Gasteiger partial charge in [0, 0.05) is 6.54 Å². The van der Waals surface area contributed by atoms with Gasteiger partial charge in [0.2, 0.25) is 0 Å². The van der Waals surface area contributed by atoms with E-state index in [0.29, 0.717) is 18.1 Å². The van der Waals surface area contributed by atoms with E-state index in [1.165, 1.54) is 12.1 Å². The van der Waals surface area contributed by atoms with E-state index in [9.17, 15) is 13.2 Å². The Labute approximate surface area is 114 Å². The molecule has 0 radical (unpaired) electrons. The summed E-state index contributed by atoms with van der Waals surface area (Å²) in [5, 5.41) is 11.7. The van der Waals surface area contributed by atoms with E-state index in [0.717, 1.165) is 6.07 Å². The van der Waals surface area contributed by atoms with Crippen molar-refractivity contribution in [1.82, 2.24) is 5.32 Å². The van der Waals surface area contributed by atoms with Crippen molar-refractivity contribution in [3.63, 3.8) is 0 Å². The van der Waals surface area contributed by atoms with Crippen LogP contribution in [0.25, 0.3) is 0 Å². The van der Waals surface area contributed by atoms with Gasteiger partial charge in [0.25, 0.3) is 0 Å². The van der Waals surface area contributed by atoms with Gasteiger partial charge in [-0.25, -0.2) is 0 Å². The zero-order valence-electron chi connectivity index (χ0n) is 10.6. The maximum absolute atomic E-state index is 12.8. The topological polar surface area (TPSA) is 45.4 Å². The maximum Gasteiger partial charge on any atom is 0.416 e. The van der Waals surface area contributed by atoms with Gasteiger partial charge in [-0.1, -0.05) is 18.2 Å². The van der Waals surface area contributed by atoms with Gasteiger partial charge in [-0.3, -0.25) is 0 Å². The fourth-order valence-corrected chi connectivity index (χ4v) is 1.87. The second-order valence-corrected chi connectivity index (χ2v) is 4.28. The summed E-state index contributed by atoms with van der Waals surface area (Å²) in [5.41, 5.74) is -0.447. The molecule has 0 saturated heterocycles. The monoisotopic (exact) mass is 285 g/mol. The minimum Gasteiger partial charge on any atom is -0.462 e. The molecule has 20 heavy (non-hydrogen) atoms. The summed E-state index contributed by atoms with van der Waals surface area (Å²) in [6.45, 7) is 0.188. The molecule has 0 bridgehead atoms. The Hall–Kier alpha value is -1.79. The molecule has 2 rings (SSSR count). The fraction of sp³-hybridized carbons (Fsp3) is 0.286. The smallest absolute Gasteiger partial charge is 0.416 e. The Morgan fingerprint density at radius 2 is 1.70 bits per heavy atom. The van der Waals surface area contributed by atoms with Gasteiger partial charge in [0.05, 0.1) is 12.1 Å². The Bertz CT molecular complexity index is 564. The summed E-state index contributed by atoms with van der Waals surface area (Å²) in [6.07, 6.45) is -4.35. The van der Waals surface area contributed by atoms with Crippen LogP contribution in [-0.4, -0.2) is 5.11 Å². The molecule has 0 aliphatic carbocycles. The van der Waals surface area contributed by atoms with Crippen molar-refractivity contribution in [3.8, 4) is 0 Å². The molecule has 0 saturated carbocycles. The van der Waals surface area contributed by atoms with Gasteiger partial charge >= 0.3 is 6.18 Å². The van der Waals surface area contributed by atoms with E-state index >= 15 is 0 Å². The molecule has 0 fully saturated rings. The quantitative estimate of drug-likeness (QED) is 0.887. The van der Waals surface area contributed by atoms with Crippen LogP contribution in [0.5, 0.6) is 0 Å². The largest absolute Gasteiger partial charge is 0.462 e. The fourth-order valence-electron chi connectivity index (χ4n) is 1.87. The molecule has 3 nitrogen and oxygen atoms in total. The first-order valence-electron chi connectivity index (χ1n) is 6.05. The number of aliphatic hydroxyl groups excluding tert-OH is 1. The van der Waals surface area contributed by atoms with Crippen LogP contribution in [0.1, 0.15) is 22.6 Å². The minimum absolute atomic E-state index is 0.0881. The zero-order valence-corrected chi connectivity index (χ0v) is 10.6. The first-order valence-corrected chi connectivity index (χ1v) is 6.05. The van der Waals surface area contributed by atoms with Gasteiger partial charge in [0.1, 0.15) is 18.1 Å². The molecule has 108 valence electrons. The van der Waals surface area contributed by atoms with E-state index < -0.39 is 11.7 Å². The summed E-state index contributed by atoms with van der Waals surface area (Å²) in [6, 6.07) is 8.75. The molecule has 1 aromatic heterocycles. The average molecular weight is 285 g/mol. The van der Waals surface area contributed by atoms with Gasteiger partial charge in [-0.15, -0.1) is 0 Å². The van der Waals surface area contributed by atoms with E-state index in [1.54, 1.807) is 18.2 Å². The number of benzene rings is 1. The van der Waals surface area contributed by atoms with Crippen LogP contribution in [0.15, 0.2) is 40.8 Å². The van der Waals surface area contributed by atoms with E-state index in [1.807, 2.05) is 0 Å². The summed E-state index contributed by atoms with van der Waals surface area (Å²) in [7, 11) is 0. The van der Waals surface area contributed by atoms with Crippen molar-refractivity contribution < 1.29 is 22.7 Å². The van der Waals surface area contributed by atoms with Crippen molar-refractivity contribution >= 4 is 0 Å². The highest BCUT2D eigenvalue weighted by Gasteiger charge is 2.32. The number of halogens is 3. The molecule has 2 aromatic rings. The molecule has 0 aliphatic heterocycles. The molecule has 6 heteroatoms. The molecule has 0 unspecified atom stereocenters. The van der Waals surface area contributed by atoms with E-state index in [4.69, 9.17) is 9.52 Å². The lowest BCUT2D eigenvalue weighted by Gasteiger charge is -2.12. The zero-order chi connectivity index (χ0) is 14.6. The lowest BCUT2D eigenvalue weighted by atomic mass is 10.1. The van der Waals surface area contributed by atoms with Crippen LogP contribution < -0.4 is 5.32 Å². The number of nitrogens with one attached hydrogen (secondary N) is 1. The Balaban J connectivity index is 1.97. The van der Waals surface area contributed by atoms with Crippen LogP contribution >= 0.6 is 0 Å². The molecule has 0 aliphatic rings. The molecule has 1 aromatic carbocycles. The average Bonchev–Trinajstić information content (AvgIpc) is 2.86. The van der Waals surface area contributed by atoms with Crippen LogP contribution in [0.3, 0.4) is 0 Å². The number of hydrogen-bond donors (Lipinski definition) is 2. The second-order valence-electron chi connectivity index (χ2n) is 4.28. The SMILES string of the molecule is OCc1ccc(CNCc2ccccc2C(F)(F)F)o1. The third-order valence-corrected chi connectivity index (χ3v) is 2.81. The second kappa shape index (κ2) is 6.11. The van der Waals surface area contributed by atoms with Gasteiger partial charge in [-0.05, 0) is 23.8 Å². The van der Waals surface area contributed by atoms with Gasteiger partial charge in [-0.2, -0.15) is 13.2 Å². The highest BCUT2D eigenvalue weighted by atomic mass is 19.4. The highest BCUT2D eigenvalue weighted by Crippen LogP contribution is 2.31. The molecule has 0 spiro atoms. The first kappa shape index (κ1) is 14.6. The van der Waals surface area contributed by atoms with E-state index in [2.05, 4.69) is 5.32 Å². The predicted molar refractivity (Wildman–Crippen MR) is 66.6 cm³/mol. The lowest BCUT2D eigenvalue weighted by Crippen LogP contribution is -2.17. The van der Waals surface area contributed by atoms with Crippen molar-refractivity contribution in [2.75, 3.05) is 0 Å². The number of hydrogen-bond acceptors (Lipinski definition) is 3. The summed E-state index contributed by atoms with van der Waals surface area (Å²) in [5.74, 6) is 0.996. The third-order valence-electron chi connectivity index (χ3n) is 2.81. The first-order chi connectivity index (χ1) is 9.50. The maximum atomic E-state index is 12.8. The van der Waals surface area contributed by atoms with Crippen molar-refractivity contribution in [3.05, 3.63) is 59.0 Å². The normalized spacial score (nSPS) is 11.8. The molecule has 1 heterocycles. The van der Waals surface area contributed by atoms with E-state index in [-0.39, 0.29) is 18.7 Å². The molecular weight excluding hydrogens is 271 g/mol. The molecule has 0 amide bonds. The Morgan fingerprint density at radius 1 is 1.00 bits per heavy atom. The number of rotatable bonds is 5. The Kier molecular flexibility index (Phi) is 4.46. The summed E-state index contributed by atoms with van der Waals surface area (Å²) in [4.78, 5) is 0. The van der Waals surface area contributed by atoms with Crippen LogP contribution in [0.4, 0.5) is 13.2 Å². The molecular formula is C14H14F3NO2. The molecule has 0 atom stereocenters. The third kappa shape index (κ3) is 3.61. The van der Waals surface area contributed by atoms with Crippen molar-refractivity contribution in [2.24, 2.45) is 0 Å². The highest BCUT2D eigenvalue weighted by molar-refractivity contribution is 5.29. The number of aliphatic hydroxyl groups is 1. The van der Waals surface area contributed by atoms with Crippen molar-refractivity contribution in [2.45, 2.75) is 25.9 Å². The standard InChI is InChI=1S/C14H14F3NO2/c15-14(16,17)13-4-2-1-3-10(13)7-18-8-11-5-6-12(9-19)20-11/h1-6,18-19H,7-9H2.